The van der Waals surface area contributed by atoms with Crippen molar-refractivity contribution in [1.82, 2.24) is 9.80 Å². The lowest BCUT2D eigenvalue weighted by atomic mass is 9.94. The van der Waals surface area contributed by atoms with Crippen LogP contribution in [-0.2, 0) is 4.79 Å². The van der Waals surface area contributed by atoms with Gasteiger partial charge in [0.1, 0.15) is 5.75 Å². The summed E-state index contributed by atoms with van der Waals surface area (Å²) in [4.78, 5) is 28.9. The van der Waals surface area contributed by atoms with E-state index in [1.807, 2.05) is 11.9 Å². The third-order valence-corrected chi connectivity index (χ3v) is 5.20. The van der Waals surface area contributed by atoms with Gasteiger partial charge in [0.05, 0.1) is 12.7 Å². The number of rotatable bonds is 4. The van der Waals surface area contributed by atoms with Crippen LogP contribution in [0.2, 0.25) is 5.02 Å². The number of methoxy groups -OCH3 is 1. The summed E-state index contributed by atoms with van der Waals surface area (Å²) in [5.41, 5.74) is 0.477. The molecule has 0 bridgehead atoms. The Hall–Kier alpha value is -1.75. The zero-order chi connectivity index (χ0) is 17.3. The van der Waals surface area contributed by atoms with E-state index in [-0.39, 0.29) is 17.7 Å². The van der Waals surface area contributed by atoms with Crippen LogP contribution in [0.15, 0.2) is 18.2 Å². The first-order valence-corrected chi connectivity index (χ1v) is 8.78. The molecule has 1 aliphatic heterocycles. The molecule has 0 atom stereocenters. The maximum absolute atomic E-state index is 12.8. The molecule has 0 spiro atoms. The molecule has 24 heavy (non-hydrogen) atoms. The third-order valence-electron chi connectivity index (χ3n) is 4.97. The molecule has 2 aliphatic rings. The number of ether oxygens (including phenoxy) is 1. The standard InChI is InChI=1S/C18H23ClN2O3/c1-20(14-4-5-14)17(22)12-7-9-21(10-8-12)18(23)15-11-13(19)3-6-16(15)24-2/h3,6,11-12,14H,4-5,7-10H2,1-2H3. The average Bonchev–Trinajstić information content (AvgIpc) is 3.45. The van der Waals surface area contributed by atoms with Crippen LogP contribution in [0, 0.1) is 5.92 Å². The van der Waals surface area contributed by atoms with E-state index in [0.717, 1.165) is 12.8 Å². The molecule has 2 fully saturated rings. The molecule has 2 amide bonds. The lowest BCUT2D eigenvalue weighted by Crippen LogP contribution is -2.44. The van der Waals surface area contributed by atoms with Gasteiger partial charge in [-0.25, -0.2) is 0 Å². The smallest absolute Gasteiger partial charge is 0.257 e. The van der Waals surface area contributed by atoms with Crippen LogP contribution in [0.5, 0.6) is 5.75 Å². The highest BCUT2D eigenvalue weighted by atomic mass is 35.5. The van der Waals surface area contributed by atoms with Crippen LogP contribution in [0.25, 0.3) is 0 Å². The molecule has 5 nitrogen and oxygen atoms in total. The third kappa shape index (κ3) is 3.51. The minimum Gasteiger partial charge on any atom is -0.496 e. The van der Waals surface area contributed by atoms with Crippen molar-refractivity contribution in [2.75, 3.05) is 27.2 Å². The van der Waals surface area contributed by atoms with Gasteiger partial charge in [0.25, 0.3) is 5.91 Å². The van der Waals surface area contributed by atoms with Gasteiger partial charge in [0, 0.05) is 37.1 Å². The van der Waals surface area contributed by atoms with Gasteiger partial charge in [-0.15, -0.1) is 0 Å². The maximum atomic E-state index is 12.8. The molecular weight excluding hydrogens is 328 g/mol. The normalized spacial score (nSPS) is 18.4. The van der Waals surface area contributed by atoms with E-state index >= 15 is 0 Å². The van der Waals surface area contributed by atoms with E-state index < -0.39 is 0 Å². The Kier molecular flexibility index (Phi) is 4.99. The van der Waals surface area contributed by atoms with E-state index in [9.17, 15) is 9.59 Å². The second-order valence-corrected chi connectivity index (χ2v) is 7.03. The summed E-state index contributed by atoms with van der Waals surface area (Å²) < 4.78 is 5.27. The zero-order valence-electron chi connectivity index (χ0n) is 14.1. The van der Waals surface area contributed by atoms with Crippen LogP contribution in [0.3, 0.4) is 0 Å². The predicted octanol–water partition coefficient (Wildman–Crippen LogP) is 2.82. The summed E-state index contributed by atoms with van der Waals surface area (Å²) in [6.07, 6.45) is 3.66. The number of hydrogen-bond donors (Lipinski definition) is 0. The van der Waals surface area contributed by atoms with Crippen LogP contribution in [-0.4, -0.2) is 54.9 Å². The highest BCUT2D eigenvalue weighted by Gasteiger charge is 2.35. The summed E-state index contributed by atoms with van der Waals surface area (Å²) in [6, 6.07) is 5.49. The van der Waals surface area contributed by atoms with Crippen molar-refractivity contribution in [1.29, 1.82) is 0 Å². The fourth-order valence-electron chi connectivity index (χ4n) is 3.28. The summed E-state index contributed by atoms with van der Waals surface area (Å²) in [7, 11) is 3.44. The first-order chi connectivity index (χ1) is 11.5. The van der Waals surface area contributed by atoms with Gasteiger partial charge in [0.2, 0.25) is 5.91 Å². The lowest BCUT2D eigenvalue weighted by molar-refractivity contribution is -0.136. The number of carbonyl (C=O) groups excluding carboxylic acids is 2. The molecule has 1 heterocycles. The Morgan fingerprint density at radius 2 is 1.88 bits per heavy atom. The van der Waals surface area contributed by atoms with E-state index in [0.29, 0.717) is 48.3 Å². The molecule has 130 valence electrons. The monoisotopic (exact) mass is 350 g/mol. The zero-order valence-corrected chi connectivity index (χ0v) is 14.9. The van der Waals surface area contributed by atoms with Crippen LogP contribution in [0.4, 0.5) is 0 Å². The Labute approximate surface area is 147 Å². The molecule has 1 saturated carbocycles. The lowest BCUT2D eigenvalue weighted by Gasteiger charge is -2.33. The largest absolute Gasteiger partial charge is 0.496 e. The van der Waals surface area contributed by atoms with Crippen molar-refractivity contribution in [3.8, 4) is 5.75 Å². The van der Waals surface area contributed by atoms with Crippen molar-refractivity contribution >= 4 is 23.4 Å². The molecule has 3 rings (SSSR count). The highest BCUT2D eigenvalue weighted by molar-refractivity contribution is 6.31. The van der Waals surface area contributed by atoms with E-state index in [2.05, 4.69) is 0 Å². The maximum Gasteiger partial charge on any atom is 0.257 e. The summed E-state index contributed by atoms with van der Waals surface area (Å²) in [6.45, 7) is 1.17. The predicted molar refractivity (Wildman–Crippen MR) is 92.4 cm³/mol. The second-order valence-electron chi connectivity index (χ2n) is 6.59. The van der Waals surface area contributed by atoms with Gasteiger partial charge in [-0.1, -0.05) is 11.6 Å². The molecule has 0 aromatic heterocycles. The van der Waals surface area contributed by atoms with E-state index in [4.69, 9.17) is 16.3 Å². The molecule has 1 aliphatic carbocycles. The molecule has 1 aromatic carbocycles. The molecule has 0 unspecified atom stereocenters. The number of nitrogens with zero attached hydrogens (tertiary/aromatic N) is 2. The van der Waals surface area contributed by atoms with Gasteiger partial charge in [0.15, 0.2) is 0 Å². The molecular formula is C18H23ClN2O3. The quantitative estimate of drug-likeness (QED) is 0.839. The number of piperidine rings is 1. The molecule has 6 heteroatoms. The van der Waals surface area contributed by atoms with Crippen molar-refractivity contribution < 1.29 is 14.3 Å². The van der Waals surface area contributed by atoms with Gasteiger partial charge in [-0.2, -0.15) is 0 Å². The van der Waals surface area contributed by atoms with Crippen LogP contribution >= 0.6 is 11.6 Å². The fourth-order valence-corrected chi connectivity index (χ4v) is 3.45. The van der Waals surface area contributed by atoms with Crippen molar-refractivity contribution in [3.63, 3.8) is 0 Å². The topological polar surface area (TPSA) is 49.9 Å². The van der Waals surface area contributed by atoms with Crippen molar-refractivity contribution in [3.05, 3.63) is 28.8 Å². The molecule has 1 aromatic rings. The minimum absolute atomic E-state index is 0.0286. The number of halogens is 1. The number of carbonyl (C=O) groups is 2. The average molecular weight is 351 g/mol. The van der Waals surface area contributed by atoms with Gasteiger partial charge < -0.3 is 14.5 Å². The SMILES string of the molecule is COc1ccc(Cl)cc1C(=O)N1CCC(C(=O)N(C)C2CC2)CC1. The van der Waals surface area contributed by atoms with E-state index in [1.165, 1.54) is 0 Å². The highest BCUT2D eigenvalue weighted by Crippen LogP contribution is 2.30. The van der Waals surface area contributed by atoms with Crippen molar-refractivity contribution in [2.45, 2.75) is 31.7 Å². The Balaban J connectivity index is 1.63. The number of likely N-dealkylation sites (tertiary alicyclic amines) is 1. The first kappa shape index (κ1) is 17.1. The summed E-state index contributed by atoms with van der Waals surface area (Å²) in [5, 5.41) is 0.510. The minimum atomic E-state index is -0.0872. The van der Waals surface area contributed by atoms with Crippen LogP contribution < -0.4 is 4.74 Å². The number of hydrogen-bond acceptors (Lipinski definition) is 3. The Bertz CT molecular complexity index is 637. The second kappa shape index (κ2) is 7.01. The molecule has 0 N–H and O–H groups in total. The summed E-state index contributed by atoms with van der Waals surface area (Å²) >= 11 is 6.02. The molecule has 0 radical (unpaired) electrons. The molecule has 1 saturated heterocycles. The van der Waals surface area contributed by atoms with Crippen molar-refractivity contribution in [2.24, 2.45) is 5.92 Å². The first-order valence-electron chi connectivity index (χ1n) is 8.40. The van der Waals surface area contributed by atoms with Gasteiger partial charge in [-0.05, 0) is 43.9 Å². The number of amides is 2. The van der Waals surface area contributed by atoms with Crippen LogP contribution in [0.1, 0.15) is 36.0 Å². The van der Waals surface area contributed by atoms with Gasteiger partial charge in [-0.3, -0.25) is 9.59 Å². The van der Waals surface area contributed by atoms with E-state index in [1.54, 1.807) is 30.2 Å². The Morgan fingerprint density at radius 3 is 2.46 bits per heavy atom. The summed E-state index contributed by atoms with van der Waals surface area (Å²) in [5.74, 6) is 0.692. The van der Waals surface area contributed by atoms with Gasteiger partial charge >= 0.3 is 0 Å². The number of benzene rings is 1. The fraction of sp³-hybridized carbons (Fsp3) is 0.556. The Morgan fingerprint density at radius 1 is 1.21 bits per heavy atom.